The van der Waals surface area contributed by atoms with Gasteiger partial charge in [0.15, 0.2) is 5.13 Å². The summed E-state index contributed by atoms with van der Waals surface area (Å²) in [6.45, 7) is 7.21. The van der Waals surface area contributed by atoms with Crippen molar-refractivity contribution < 1.29 is 4.79 Å². The van der Waals surface area contributed by atoms with Crippen LogP contribution in [0.25, 0.3) is 10.2 Å². The van der Waals surface area contributed by atoms with Crippen molar-refractivity contribution in [1.82, 2.24) is 9.88 Å². The van der Waals surface area contributed by atoms with Gasteiger partial charge in [-0.05, 0) is 43.2 Å². The number of nitrogens with zero attached hydrogens (tertiary/aromatic N) is 3. The van der Waals surface area contributed by atoms with Gasteiger partial charge in [0.25, 0.3) is 5.91 Å². The Balaban J connectivity index is 1.49. The Hall–Kier alpha value is -2.11. The highest BCUT2D eigenvalue weighted by Crippen LogP contribution is 2.33. The fourth-order valence-electron chi connectivity index (χ4n) is 3.29. The Bertz CT molecular complexity index is 937. The summed E-state index contributed by atoms with van der Waals surface area (Å²) < 4.78 is 1.26. The second kappa shape index (κ2) is 6.89. The quantitative estimate of drug-likeness (QED) is 0.650. The lowest BCUT2D eigenvalue weighted by Crippen LogP contribution is -2.48. The molecule has 4 rings (SSSR count). The number of aryl methyl sites for hydroxylation is 2. The third-order valence-corrected chi connectivity index (χ3v) is 6.33. The molecule has 1 amide bonds. The number of hydrogen-bond donors (Lipinski definition) is 0. The minimum absolute atomic E-state index is 0.0446. The van der Waals surface area contributed by atoms with E-state index in [1.54, 1.807) is 23.5 Å². The van der Waals surface area contributed by atoms with Gasteiger partial charge in [0.1, 0.15) is 0 Å². The van der Waals surface area contributed by atoms with E-state index in [0.29, 0.717) is 23.7 Å². The zero-order valence-corrected chi connectivity index (χ0v) is 16.4. The number of anilines is 1. The molecule has 2 heterocycles. The van der Waals surface area contributed by atoms with Gasteiger partial charge in [-0.1, -0.05) is 41.1 Å². The molecule has 0 atom stereocenters. The van der Waals surface area contributed by atoms with Gasteiger partial charge in [-0.25, -0.2) is 4.98 Å². The molecule has 2 aromatic carbocycles. The van der Waals surface area contributed by atoms with Crippen molar-refractivity contribution in [2.75, 3.05) is 31.1 Å². The Kier molecular flexibility index (Phi) is 4.59. The van der Waals surface area contributed by atoms with Crippen molar-refractivity contribution in [3.8, 4) is 0 Å². The first-order valence-corrected chi connectivity index (χ1v) is 9.89. The number of carbonyl (C=O) groups is 1. The predicted octanol–water partition coefficient (Wildman–Crippen LogP) is 4.53. The molecule has 0 spiro atoms. The zero-order valence-electron chi connectivity index (χ0n) is 14.8. The first-order valence-electron chi connectivity index (χ1n) is 8.69. The molecule has 0 unspecified atom stereocenters. The van der Waals surface area contributed by atoms with E-state index in [9.17, 15) is 4.79 Å². The van der Waals surface area contributed by atoms with Crippen molar-refractivity contribution in [3.63, 3.8) is 0 Å². The number of benzene rings is 2. The number of piperazine rings is 1. The average Bonchev–Trinajstić information content (AvgIpc) is 3.11. The summed E-state index contributed by atoms with van der Waals surface area (Å²) >= 11 is 7.76. The number of carbonyl (C=O) groups excluding carboxylic acids is 1. The normalized spacial score (nSPS) is 14.9. The molecule has 1 aliphatic rings. The Morgan fingerprint density at radius 3 is 2.50 bits per heavy atom. The smallest absolute Gasteiger partial charge is 0.254 e. The van der Waals surface area contributed by atoms with Crippen LogP contribution in [-0.4, -0.2) is 42.0 Å². The average molecular weight is 386 g/mol. The molecule has 3 aromatic rings. The van der Waals surface area contributed by atoms with Gasteiger partial charge in [-0.2, -0.15) is 0 Å². The molecular formula is C20H20ClN3OS. The predicted molar refractivity (Wildman–Crippen MR) is 109 cm³/mol. The molecule has 1 aliphatic heterocycles. The van der Waals surface area contributed by atoms with Crippen molar-refractivity contribution in [3.05, 3.63) is 58.1 Å². The van der Waals surface area contributed by atoms with Crippen molar-refractivity contribution in [2.24, 2.45) is 0 Å². The zero-order chi connectivity index (χ0) is 18.3. The molecule has 6 heteroatoms. The minimum Gasteiger partial charge on any atom is -0.345 e. The lowest BCUT2D eigenvalue weighted by molar-refractivity contribution is 0.0747. The molecule has 0 aliphatic carbocycles. The number of amides is 1. The lowest BCUT2D eigenvalue weighted by atomic mass is 10.1. The van der Waals surface area contributed by atoms with Gasteiger partial charge in [-0.15, -0.1) is 0 Å². The van der Waals surface area contributed by atoms with Crippen LogP contribution in [0.5, 0.6) is 0 Å². The molecule has 1 aromatic heterocycles. The van der Waals surface area contributed by atoms with Gasteiger partial charge in [-0.3, -0.25) is 4.79 Å². The van der Waals surface area contributed by atoms with Gasteiger partial charge < -0.3 is 9.80 Å². The second-order valence-corrected chi connectivity index (χ2v) is 8.08. The monoisotopic (exact) mass is 385 g/mol. The molecule has 26 heavy (non-hydrogen) atoms. The third kappa shape index (κ3) is 3.17. The van der Waals surface area contributed by atoms with Crippen LogP contribution < -0.4 is 4.90 Å². The van der Waals surface area contributed by atoms with E-state index in [-0.39, 0.29) is 5.91 Å². The maximum atomic E-state index is 12.7. The molecule has 0 bridgehead atoms. The van der Waals surface area contributed by atoms with E-state index < -0.39 is 0 Å². The SMILES string of the molecule is Cc1ccc(C)c2sc(N3CCN(C(=O)c4cccc(Cl)c4)CC3)nc12. The summed E-state index contributed by atoms with van der Waals surface area (Å²) in [7, 11) is 0. The van der Waals surface area contributed by atoms with E-state index in [1.807, 2.05) is 17.0 Å². The van der Waals surface area contributed by atoms with Gasteiger partial charge >= 0.3 is 0 Å². The van der Waals surface area contributed by atoms with Crippen molar-refractivity contribution in [2.45, 2.75) is 13.8 Å². The van der Waals surface area contributed by atoms with E-state index in [4.69, 9.17) is 16.6 Å². The maximum absolute atomic E-state index is 12.7. The van der Waals surface area contributed by atoms with Crippen molar-refractivity contribution in [1.29, 1.82) is 0 Å². The number of fused-ring (bicyclic) bond motifs is 1. The molecule has 0 N–H and O–H groups in total. The van der Waals surface area contributed by atoms with Crippen LogP contribution in [-0.2, 0) is 0 Å². The Morgan fingerprint density at radius 1 is 1.08 bits per heavy atom. The molecule has 1 fully saturated rings. The van der Waals surface area contributed by atoms with Crippen LogP contribution >= 0.6 is 22.9 Å². The maximum Gasteiger partial charge on any atom is 0.254 e. The second-order valence-electron chi connectivity index (χ2n) is 6.66. The first-order chi connectivity index (χ1) is 12.5. The van der Waals surface area contributed by atoms with Gasteiger partial charge in [0.05, 0.1) is 10.2 Å². The number of hydrogen-bond acceptors (Lipinski definition) is 4. The van der Waals surface area contributed by atoms with Crippen LogP contribution in [0.3, 0.4) is 0 Å². The van der Waals surface area contributed by atoms with E-state index >= 15 is 0 Å². The Morgan fingerprint density at radius 2 is 1.81 bits per heavy atom. The van der Waals surface area contributed by atoms with Crippen LogP contribution in [0.1, 0.15) is 21.5 Å². The summed E-state index contributed by atoms with van der Waals surface area (Å²) in [6.07, 6.45) is 0. The molecule has 1 saturated heterocycles. The highest BCUT2D eigenvalue weighted by atomic mass is 35.5. The standard InChI is InChI=1S/C20H20ClN3OS/c1-13-6-7-14(2)18-17(13)22-20(26-18)24-10-8-23(9-11-24)19(25)15-4-3-5-16(21)12-15/h3-7,12H,8-11H2,1-2H3. The van der Waals surface area contributed by atoms with Gasteiger partial charge in [0, 0.05) is 36.8 Å². The number of rotatable bonds is 2. The number of halogens is 1. The van der Waals surface area contributed by atoms with E-state index in [0.717, 1.165) is 23.7 Å². The molecule has 134 valence electrons. The highest BCUT2D eigenvalue weighted by Gasteiger charge is 2.24. The summed E-state index contributed by atoms with van der Waals surface area (Å²) in [4.78, 5) is 21.7. The fraction of sp³-hybridized carbons (Fsp3) is 0.300. The number of thiazole rings is 1. The largest absolute Gasteiger partial charge is 0.345 e. The summed E-state index contributed by atoms with van der Waals surface area (Å²) in [5.74, 6) is 0.0446. The van der Waals surface area contributed by atoms with Crippen LogP contribution in [0, 0.1) is 13.8 Å². The lowest BCUT2D eigenvalue weighted by Gasteiger charge is -2.34. The van der Waals surface area contributed by atoms with Crippen LogP contribution in [0.2, 0.25) is 5.02 Å². The topological polar surface area (TPSA) is 36.4 Å². The highest BCUT2D eigenvalue weighted by molar-refractivity contribution is 7.22. The molecule has 0 radical (unpaired) electrons. The first kappa shape index (κ1) is 17.3. The summed E-state index contributed by atoms with van der Waals surface area (Å²) in [6, 6.07) is 11.4. The van der Waals surface area contributed by atoms with Crippen molar-refractivity contribution >= 4 is 44.2 Å². The van der Waals surface area contributed by atoms with Crippen LogP contribution in [0.4, 0.5) is 5.13 Å². The molecular weight excluding hydrogens is 366 g/mol. The molecule has 4 nitrogen and oxygen atoms in total. The minimum atomic E-state index is 0.0446. The summed E-state index contributed by atoms with van der Waals surface area (Å²) in [5.41, 5.74) is 4.23. The van der Waals surface area contributed by atoms with Gasteiger partial charge in [0.2, 0.25) is 0 Å². The van der Waals surface area contributed by atoms with E-state index in [2.05, 4.69) is 30.9 Å². The summed E-state index contributed by atoms with van der Waals surface area (Å²) in [5, 5.41) is 1.64. The Labute approximate surface area is 162 Å². The number of aromatic nitrogens is 1. The third-order valence-electron chi connectivity index (χ3n) is 4.84. The van der Waals surface area contributed by atoms with Crippen LogP contribution in [0.15, 0.2) is 36.4 Å². The fourth-order valence-corrected chi connectivity index (χ4v) is 4.64. The van der Waals surface area contributed by atoms with E-state index in [1.165, 1.54) is 15.8 Å². The molecule has 0 saturated carbocycles.